The molecule has 96 valence electrons. The van der Waals surface area contributed by atoms with Crippen molar-refractivity contribution >= 4 is 10.0 Å². The first-order valence-corrected chi connectivity index (χ1v) is 7.52. The van der Waals surface area contributed by atoms with Crippen molar-refractivity contribution in [1.82, 2.24) is 9.21 Å². The Morgan fingerprint density at radius 2 is 1.81 bits per heavy atom. The normalized spacial score (nSPS) is 20.1. The average Bonchev–Trinajstić information content (AvgIpc) is 2.28. The molecular weight excluding hydrogens is 228 g/mol. The molecule has 0 bridgehead atoms. The second-order valence-corrected chi connectivity index (χ2v) is 6.22. The highest BCUT2D eigenvalue weighted by atomic mass is 32.2. The SMILES string of the molecule is CCCN1CCN(S(=O)(=O)CCCO)CC1. The van der Waals surface area contributed by atoms with Gasteiger partial charge in [0.15, 0.2) is 0 Å². The first kappa shape index (κ1) is 13.9. The summed E-state index contributed by atoms with van der Waals surface area (Å²) >= 11 is 0. The molecule has 0 aliphatic carbocycles. The Morgan fingerprint density at radius 1 is 1.19 bits per heavy atom. The molecule has 0 aromatic heterocycles. The summed E-state index contributed by atoms with van der Waals surface area (Å²) in [5.74, 6) is 0.0667. The summed E-state index contributed by atoms with van der Waals surface area (Å²) in [6.45, 7) is 5.95. The van der Waals surface area contributed by atoms with Gasteiger partial charge in [0.2, 0.25) is 10.0 Å². The van der Waals surface area contributed by atoms with Crippen LogP contribution < -0.4 is 0 Å². The highest BCUT2D eigenvalue weighted by Gasteiger charge is 2.25. The van der Waals surface area contributed by atoms with E-state index in [1.807, 2.05) is 0 Å². The maximum absolute atomic E-state index is 11.8. The van der Waals surface area contributed by atoms with Crippen LogP contribution in [0.15, 0.2) is 0 Å². The molecule has 0 aromatic carbocycles. The second kappa shape index (κ2) is 6.54. The van der Waals surface area contributed by atoms with Gasteiger partial charge in [-0.3, -0.25) is 0 Å². The summed E-state index contributed by atoms with van der Waals surface area (Å²) in [6.07, 6.45) is 1.44. The largest absolute Gasteiger partial charge is 0.396 e. The molecule has 0 unspecified atom stereocenters. The van der Waals surface area contributed by atoms with Gasteiger partial charge in [-0.05, 0) is 19.4 Å². The first-order valence-electron chi connectivity index (χ1n) is 5.91. The molecule has 1 N–H and O–H groups in total. The van der Waals surface area contributed by atoms with Crippen molar-refractivity contribution in [1.29, 1.82) is 0 Å². The van der Waals surface area contributed by atoms with Crippen molar-refractivity contribution in [3.8, 4) is 0 Å². The number of aliphatic hydroxyl groups excluding tert-OH is 1. The van der Waals surface area contributed by atoms with Gasteiger partial charge in [-0.1, -0.05) is 6.92 Å². The number of hydrogen-bond acceptors (Lipinski definition) is 4. The van der Waals surface area contributed by atoms with E-state index in [1.165, 1.54) is 0 Å². The third kappa shape index (κ3) is 4.01. The molecule has 1 fully saturated rings. The molecule has 0 radical (unpaired) electrons. The van der Waals surface area contributed by atoms with Crippen LogP contribution in [0.3, 0.4) is 0 Å². The Balaban J connectivity index is 2.40. The molecule has 1 heterocycles. The van der Waals surface area contributed by atoms with Crippen LogP contribution in [0.5, 0.6) is 0 Å². The van der Waals surface area contributed by atoms with Crippen LogP contribution in [0.25, 0.3) is 0 Å². The van der Waals surface area contributed by atoms with E-state index in [-0.39, 0.29) is 12.4 Å². The van der Waals surface area contributed by atoms with Crippen LogP contribution in [0.1, 0.15) is 19.8 Å². The van der Waals surface area contributed by atoms with E-state index in [4.69, 9.17) is 5.11 Å². The number of sulfonamides is 1. The van der Waals surface area contributed by atoms with Gasteiger partial charge in [0.05, 0.1) is 5.75 Å². The number of hydrogen-bond donors (Lipinski definition) is 1. The van der Waals surface area contributed by atoms with Crippen molar-refractivity contribution in [2.24, 2.45) is 0 Å². The monoisotopic (exact) mass is 250 g/mol. The van der Waals surface area contributed by atoms with Gasteiger partial charge in [-0.25, -0.2) is 8.42 Å². The zero-order valence-corrected chi connectivity index (χ0v) is 10.7. The molecule has 5 nitrogen and oxygen atoms in total. The maximum atomic E-state index is 11.8. The third-order valence-electron chi connectivity index (χ3n) is 2.82. The number of piperazine rings is 1. The summed E-state index contributed by atoms with van der Waals surface area (Å²) in [5, 5.41) is 8.65. The van der Waals surface area contributed by atoms with Crippen molar-refractivity contribution < 1.29 is 13.5 Å². The fourth-order valence-electron chi connectivity index (χ4n) is 1.92. The minimum absolute atomic E-state index is 0.0605. The predicted octanol–water partition coefficient (Wildman–Crippen LogP) is -0.274. The van der Waals surface area contributed by atoms with Gasteiger partial charge in [-0.15, -0.1) is 0 Å². The predicted molar refractivity (Wildman–Crippen MR) is 63.8 cm³/mol. The lowest BCUT2D eigenvalue weighted by Crippen LogP contribution is -2.49. The smallest absolute Gasteiger partial charge is 0.214 e. The van der Waals surface area contributed by atoms with Crippen LogP contribution in [0.4, 0.5) is 0 Å². The molecule has 0 spiro atoms. The molecule has 1 rings (SSSR count). The average molecular weight is 250 g/mol. The lowest BCUT2D eigenvalue weighted by Gasteiger charge is -2.33. The van der Waals surface area contributed by atoms with Crippen LogP contribution in [0, 0.1) is 0 Å². The van der Waals surface area contributed by atoms with Gasteiger partial charge >= 0.3 is 0 Å². The molecule has 0 aromatic rings. The third-order valence-corrected chi connectivity index (χ3v) is 4.78. The topological polar surface area (TPSA) is 60.9 Å². The van der Waals surface area contributed by atoms with Crippen molar-refractivity contribution in [3.05, 3.63) is 0 Å². The standard InChI is InChI=1S/C10H22N2O3S/c1-2-4-11-5-7-12(8-6-11)16(14,15)10-3-9-13/h13H,2-10H2,1H3. The highest BCUT2D eigenvalue weighted by molar-refractivity contribution is 7.89. The molecule has 1 aliphatic heterocycles. The van der Waals surface area contributed by atoms with Crippen LogP contribution >= 0.6 is 0 Å². The molecule has 1 saturated heterocycles. The van der Waals surface area contributed by atoms with E-state index in [9.17, 15) is 8.42 Å². The number of aliphatic hydroxyl groups is 1. The van der Waals surface area contributed by atoms with Crippen LogP contribution in [-0.2, 0) is 10.0 Å². The Morgan fingerprint density at radius 3 is 2.31 bits per heavy atom. The fraction of sp³-hybridized carbons (Fsp3) is 1.00. The Labute approximate surface area is 98.1 Å². The van der Waals surface area contributed by atoms with Crippen molar-refractivity contribution in [2.45, 2.75) is 19.8 Å². The van der Waals surface area contributed by atoms with Gasteiger partial charge in [0.25, 0.3) is 0 Å². The second-order valence-electron chi connectivity index (χ2n) is 4.13. The minimum atomic E-state index is -3.14. The van der Waals surface area contributed by atoms with E-state index < -0.39 is 10.0 Å². The molecule has 0 amide bonds. The van der Waals surface area contributed by atoms with E-state index in [2.05, 4.69) is 11.8 Å². The Bertz CT molecular complexity index is 284. The molecule has 0 saturated carbocycles. The Kier molecular flexibility index (Phi) is 5.68. The maximum Gasteiger partial charge on any atom is 0.214 e. The summed E-state index contributed by atoms with van der Waals surface area (Å²) in [5.41, 5.74) is 0. The lowest BCUT2D eigenvalue weighted by atomic mass is 10.3. The fourth-order valence-corrected chi connectivity index (χ4v) is 3.40. The van der Waals surface area contributed by atoms with Crippen LogP contribution in [-0.4, -0.2) is 67.8 Å². The Hall–Kier alpha value is -0.170. The molecule has 16 heavy (non-hydrogen) atoms. The molecule has 6 heteroatoms. The van der Waals surface area contributed by atoms with Crippen molar-refractivity contribution in [3.63, 3.8) is 0 Å². The molecule has 0 atom stereocenters. The molecular formula is C10H22N2O3S. The van der Waals surface area contributed by atoms with Gasteiger partial charge in [-0.2, -0.15) is 4.31 Å². The quantitative estimate of drug-likeness (QED) is 0.705. The summed E-state index contributed by atoms with van der Waals surface area (Å²) in [4.78, 5) is 2.29. The minimum Gasteiger partial charge on any atom is -0.396 e. The van der Waals surface area contributed by atoms with Gasteiger partial charge < -0.3 is 10.0 Å². The zero-order valence-electron chi connectivity index (χ0n) is 9.93. The number of nitrogens with zero attached hydrogens (tertiary/aromatic N) is 2. The first-order chi connectivity index (χ1) is 7.60. The van der Waals surface area contributed by atoms with Crippen molar-refractivity contribution in [2.75, 3.05) is 45.1 Å². The van der Waals surface area contributed by atoms with Gasteiger partial charge in [0, 0.05) is 32.8 Å². The zero-order chi connectivity index (χ0) is 12.0. The summed E-state index contributed by atoms with van der Waals surface area (Å²) in [6, 6.07) is 0. The summed E-state index contributed by atoms with van der Waals surface area (Å²) < 4.78 is 25.2. The highest BCUT2D eigenvalue weighted by Crippen LogP contribution is 2.09. The van der Waals surface area contributed by atoms with Crippen LogP contribution in [0.2, 0.25) is 0 Å². The van der Waals surface area contributed by atoms with Gasteiger partial charge in [0.1, 0.15) is 0 Å². The lowest BCUT2D eigenvalue weighted by molar-refractivity contribution is 0.188. The van der Waals surface area contributed by atoms with E-state index in [0.29, 0.717) is 19.5 Å². The number of rotatable bonds is 6. The summed E-state index contributed by atoms with van der Waals surface area (Å²) in [7, 11) is -3.14. The van der Waals surface area contributed by atoms with E-state index in [1.54, 1.807) is 4.31 Å². The molecule has 1 aliphatic rings. The van der Waals surface area contributed by atoms with E-state index in [0.717, 1.165) is 26.1 Å². The van der Waals surface area contributed by atoms with E-state index >= 15 is 0 Å².